The minimum atomic E-state index is -0.266. The second-order valence-corrected chi connectivity index (χ2v) is 4.02. The molecule has 0 spiro atoms. The molecule has 2 unspecified atom stereocenters. The SMILES string of the molecule is COCC(NCC(C)C(N)=O)C(C)C. The van der Waals surface area contributed by atoms with Crippen LogP contribution in [0, 0.1) is 11.8 Å². The molecule has 0 aromatic rings. The minimum Gasteiger partial charge on any atom is -0.383 e. The molecule has 3 N–H and O–H groups in total. The van der Waals surface area contributed by atoms with Crippen molar-refractivity contribution in [1.82, 2.24) is 5.32 Å². The van der Waals surface area contributed by atoms with Gasteiger partial charge in [-0.05, 0) is 5.92 Å². The van der Waals surface area contributed by atoms with Crippen LogP contribution in [0.3, 0.4) is 0 Å². The Balaban J connectivity index is 3.87. The molecule has 4 nitrogen and oxygen atoms in total. The molecule has 0 heterocycles. The number of carbonyl (C=O) groups excluding carboxylic acids is 1. The fourth-order valence-electron chi connectivity index (χ4n) is 1.10. The molecule has 0 rings (SSSR count). The van der Waals surface area contributed by atoms with E-state index in [9.17, 15) is 4.79 Å². The van der Waals surface area contributed by atoms with Gasteiger partial charge in [-0.3, -0.25) is 4.79 Å². The molecule has 84 valence electrons. The third-order valence-electron chi connectivity index (χ3n) is 2.32. The van der Waals surface area contributed by atoms with Crippen molar-refractivity contribution in [2.75, 3.05) is 20.3 Å². The summed E-state index contributed by atoms with van der Waals surface area (Å²) in [4.78, 5) is 10.8. The predicted molar refractivity (Wildman–Crippen MR) is 56.9 cm³/mol. The lowest BCUT2D eigenvalue weighted by Crippen LogP contribution is -2.42. The molecule has 0 aliphatic carbocycles. The van der Waals surface area contributed by atoms with Crippen LogP contribution in [0.2, 0.25) is 0 Å². The Labute approximate surface area is 86.2 Å². The number of primary amides is 1. The zero-order valence-electron chi connectivity index (χ0n) is 9.54. The van der Waals surface area contributed by atoms with Crippen molar-refractivity contribution >= 4 is 5.91 Å². The van der Waals surface area contributed by atoms with Crippen molar-refractivity contribution in [1.29, 1.82) is 0 Å². The topological polar surface area (TPSA) is 64.3 Å². The van der Waals surface area contributed by atoms with Gasteiger partial charge in [0.2, 0.25) is 5.91 Å². The first-order valence-electron chi connectivity index (χ1n) is 5.00. The van der Waals surface area contributed by atoms with Gasteiger partial charge in [0.05, 0.1) is 6.61 Å². The minimum absolute atomic E-state index is 0.131. The maximum Gasteiger partial charge on any atom is 0.221 e. The van der Waals surface area contributed by atoms with Crippen LogP contribution in [-0.4, -0.2) is 32.2 Å². The van der Waals surface area contributed by atoms with Crippen molar-refractivity contribution in [2.24, 2.45) is 17.6 Å². The molecule has 4 heteroatoms. The first-order chi connectivity index (χ1) is 6.49. The van der Waals surface area contributed by atoms with Gasteiger partial charge in [0.1, 0.15) is 0 Å². The molecule has 0 fully saturated rings. The largest absolute Gasteiger partial charge is 0.383 e. The molecule has 0 bridgehead atoms. The molecule has 1 amide bonds. The van der Waals surface area contributed by atoms with Gasteiger partial charge >= 0.3 is 0 Å². The summed E-state index contributed by atoms with van der Waals surface area (Å²) in [5.41, 5.74) is 5.16. The van der Waals surface area contributed by atoms with Crippen LogP contribution < -0.4 is 11.1 Å². The fraction of sp³-hybridized carbons (Fsp3) is 0.900. The van der Waals surface area contributed by atoms with Crippen LogP contribution in [0.5, 0.6) is 0 Å². The molecule has 2 atom stereocenters. The number of hydrogen-bond acceptors (Lipinski definition) is 3. The molecule has 0 saturated carbocycles. The van der Waals surface area contributed by atoms with E-state index in [4.69, 9.17) is 10.5 Å². The smallest absolute Gasteiger partial charge is 0.221 e. The van der Waals surface area contributed by atoms with Gasteiger partial charge in [-0.2, -0.15) is 0 Å². The monoisotopic (exact) mass is 202 g/mol. The van der Waals surface area contributed by atoms with E-state index in [2.05, 4.69) is 19.2 Å². The normalized spacial score (nSPS) is 15.5. The maximum absolute atomic E-state index is 10.8. The number of carbonyl (C=O) groups is 1. The second-order valence-electron chi connectivity index (χ2n) is 4.02. The first-order valence-corrected chi connectivity index (χ1v) is 5.00. The third kappa shape index (κ3) is 5.19. The fourth-order valence-corrected chi connectivity index (χ4v) is 1.10. The number of nitrogens with two attached hydrogens (primary N) is 1. The maximum atomic E-state index is 10.8. The van der Waals surface area contributed by atoms with Crippen molar-refractivity contribution < 1.29 is 9.53 Å². The summed E-state index contributed by atoms with van der Waals surface area (Å²) in [7, 11) is 1.68. The van der Waals surface area contributed by atoms with Gasteiger partial charge in [0.15, 0.2) is 0 Å². The molecule has 0 radical (unpaired) electrons. The lowest BCUT2D eigenvalue weighted by Gasteiger charge is -2.22. The van der Waals surface area contributed by atoms with Crippen LogP contribution in [-0.2, 0) is 9.53 Å². The van der Waals surface area contributed by atoms with Crippen LogP contribution in [0.1, 0.15) is 20.8 Å². The van der Waals surface area contributed by atoms with Gasteiger partial charge < -0.3 is 15.8 Å². The number of methoxy groups -OCH3 is 1. The van der Waals surface area contributed by atoms with Crippen LogP contribution in [0.4, 0.5) is 0 Å². The van der Waals surface area contributed by atoms with E-state index in [1.54, 1.807) is 7.11 Å². The molecule has 0 aromatic heterocycles. The summed E-state index contributed by atoms with van der Waals surface area (Å²) in [5, 5.41) is 3.28. The van der Waals surface area contributed by atoms with E-state index in [0.717, 1.165) is 0 Å². The number of ether oxygens (including phenoxy) is 1. The summed E-state index contributed by atoms with van der Waals surface area (Å²) in [6, 6.07) is 0.279. The second kappa shape index (κ2) is 6.79. The van der Waals surface area contributed by atoms with E-state index in [0.29, 0.717) is 19.1 Å². The molecule has 0 aromatic carbocycles. The number of nitrogens with one attached hydrogen (secondary N) is 1. The summed E-state index contributed by atoms with van der Waals surface area (Å²) >= 11 is 0. The average Bonchev–Trinajstić information content (AvgIpc) is 2.10. The zero-order valence-corrected chi connectivity index (χ0v) is 9.54. The standard InChI is InChI=1S/C10H22N2O2/c1-7(2)9(6-14-4)12-5-8(3)10(11)13/h7-9,12H,5-6H2,1-4H3,(H2,11,13). The molecule has 0 aliphatic heterocycles. The van der Waals surface area contributed by atoms with Crippen LogP contribution in [0.15, 0.2) is 0 Å². The zero-order chi connectivity index (χ0) is 11.1. The van der Waals surface area contributed by atoms with E-state index in [1.165, 1.54) is 0 Å². The lowest BCUT2D eigenvalue weighted by atomic mass is 10.0. The van der Waals surface area contributed by atoms with Crippen LogP contribution in [0.25, 0.3) is 0 Å². The molecule has 14 heavy (non-hydrogen) atoms. The highest BCUT2D eigenvalue weighted by atomic mass is 16.5. The summed E-state index contributed by atoms with van der Waals surface area (Å²) in [6.45, 7) is 7.32. The van der Waals surface area contributed by atoms with E-state index in [-0.39, 0.29) is 17.9 Å². The Bertz CT molecular complexity index is 172. The molecular formula is C10H22N2O2. The molecule has 0 aliphatic rings. The Hall–Kier alpha value is -0.610. The van der Waals surface area contributed by atoms with Crippen molar-refractivity contribution in [3.8, 4) is 0 Å². The Kier molecular flexibility index (Phi) is 6.49. The van der Waals surface area contributed by atoms with Crippen molar-refractivity contribution in [3.63, 3.8) is 0 Å². The Morgan fingerprint density at radius 1 is 1.43 bits per heavy atom. The van der Waals surface area contributed by atoms with Crippen LogP contribution >= 0.6 is 0 Å². The highest BCUT2D eigenvalue weighted by Gasteiger charge is 2.15. The summed E-state index contributed by atoms with van der Waals surface area (Å²) in [6.07, 6.45) is 0. The number of rotatable bonds is 7. The van der Waals surface area contributed by atoms with E-state index >= 15 is 0 Å². The van der Waals surface area contributed by atoms with Gasteiger partial charge in [-0.25, -0.2) is 0 Å². The van der Waals surface area contributed by atoms with E-state index in [1.807, 2.05) is 6.92 Å². The van der Waals surface area contributed by atoms with Gasteiger partial charge in [0, 0.05) is 25.6 Å². The summed E-state index contributed by atoms with van der Waals surface area (Å²) < 4.78 is 5.08. The Morgan fingerprint density at radius 3 is 2.36 bits per heavy atom. The summed E-state index contributed by atoms with van der Waals surface area (Å²) in [5.74, 6) is 0.0838. The predicted octanol–water partition coefficient (Wildman–Crippen LogP) is 0.368. The average molecular weight is 202 g/mol. The van der Waals surface area contributed by atoms with Crippen molar-refractivity contribution in [3.05, 3.63) is 0 Å². The number of hydrogen-bond donors (Lipinski definition) is 2. The highest BCUT2D eigenvalue weighted by molar-refractivity contribution is 5.76. The highest BCUT2D eigenvalue weighted by Crippen LogP contribution is 2.02. The van der Waals surface area contributed by atoms with Crippen molar-refractivity contribution in [2.45, 2.75) is 26.8 Å². The Morgan fingerprint density at radius 2 is 2.00 bits per heavy atom. The van der Waals surface area contributed by atoms with Gasteiger partial charge in [-0.1, -0.05) is 20.8 Å². The van der Waals surface area contributed by atoms with E-state index < -0.39 is 0 Å². The quantitative estimate of drug-likeness (QED) is 0.627. The lowest BCUT2D eigenvalue weighted by molar-refractivity contribution is -0.121. The third-order valence-corrected chi connectivity index (χ3v) is 2.32. The molecular weight excluding hydrogens is 180 g/mol. The first kappa shape index (κ1) is 13.4. The van der Waals surface area contributed by atoms with Gasteiger partial charge in [-0.15, -0.1) is 0 Å². The number of amides is 1. The molecule has 0 saturated heterocycles. The van der Waals surface area contributed by atoms with Gasteiger partial charge in [0.25, 0.3) is 0 Å².